The van der Waals surface area contributed by atoms with Crippen molar-refractivity contribution in [3.05, 3.63) is 78.1 Å². The highest BCUT2D eigenvalue weighted by molar-refractivity contribution is 5.88. The second kappa shape index (κ2) is 7.22. The summed E-state index contributed by atoms with van der Waals surface area (Å²) in [5.74, 6) is 1.43. The normalized spacial score (nSPS) is 10.5. The second-order valence-corrected chi connectivity index (χ2v) is 5.73. The molecule has 126 valence electrons. The van der Waals surface area contributed by atoms with Gasteiger partial charge in [-0.05, 0) is 40.3 Å². The van der Waals surface area contributed by atoms with Crippen LogP contribution in [0.4, 0.5) is 0 Å². The molecule has 3 rings (SSSR count). The Labute approximate surface area is 148 Å². The first-order valence-corrected chi connectivity index (χ1v) is 8.07. The Balaban J connectivity index is 2.07. The zero-order valence-corrected chi connectivity index (χ0v) is 14.6. The summed E-state index contributed by atoms with van der Waals surface area (Å²) in [5.41, 5.74) is 4.33. The molecule has 0 unspecified atom stereocenters. The van der Waals surface area contributed by atoms with Crippen molar-refractivity contribution in [3.63, 3.8) is 0 Å². The number of ether oxygens (including phenoxy) is 2. The second-order valence-electron chi connectivity index (χ2n) is 5.73. The maximum Gasteiger partial charge on any atom is 0.161 e. The van der Waals surface area contributed by atoms with E-state index in [-0.39, 0.29) is 0 Å². The number of methoxy groups -OCH3 is 2. The molecule has 0 bridgehead atoms. The first-order chi connectivity index (χ1) is 12.2. The number of pyridine rings is 1. The molecule has 1 aromatic heterocycles. The lowest BCUT2D eigenvalue weighted by atomic mass is 9.99. The molecular formula is C22H21NO2. The summed E-state index contributed by atoms with van der Waals surface area (Å²) in [5, 5.41) is 2.14. The summed E-state index contributed by atoms with van der Waals surface area (Å²) in [6.07, 6.45) is 6.25. The van der Waals surface area contributed by atoms with E-state index in [1.54, 1.807) is 14.2 Å². The molecule has 0 fully saturated rings. The zero-order chi connectivity index (χ0) is 17.8. The van der Waals surface area contributed by atoms with Gasteiger partial charge in [-0.2, -0.15) is 0 Å². The molecule has 0 spiro atoms. The third kappa shape index (κ3) is 3.26. The molecule has 0 atom stereocenters. The molecule has 0 saturated heterocycles. The Bertz CT molecular complexity index is 944. The predicted octanol–water partition coefficient (Wildman–Crippen LogP) is 5.13. The van der Waals surface area contributed by atoms with Gasteiger partial charge in [0.05, 0.1) is 19.9 Å². The minimum Gasteiger partial charge on any atom is -0.493 e. The first-order valence-electron chi connectivity index (χ1n) is 8.07. The number of hydrogen-bond acceptors (Lipinski definition) is 3. The van der Waals surface area contributed by atoms with Crippen LogP contribution < -0.4 is 9.47 Å². The van der Waals surface area contributed by atoms with Gasteiger partial charge in [0.25, 0.3) is 0 Å². The number of fused-ring (bicyclic) bond motifs is 1. The van der Waals surface area contributed by atoms with E-state index < -0.39 is 0 Å². The summed E-state index contributed by atoms with van der Waals surface area (Å²) in [6.45, 7) is 7.73. The van der Waals surface area contributed by atoms with Gasteiger partial charge in [0.15, 0.2) is 11.5 Å². The fourth-order valence-corrected chi connectivity index (χ4v) is 2.99. The monoisotopic (exact) mass is 331 g/mol. The van der Waals surface area contributed by atoms with Crippen LogP contribution in [0.2, 0.25) is 0 Å². The van der Waals surface area contributed by atoms with Gasteiger partial charge in [-0.3, -0.25) is 4.98 Å². The van der Waals surface area contributed by atoms with Crippen LogP contribution in [-0.2, 0) is 6.42 Å². The minimum absolute atomic E-state index is 0.707. The maximum atomic E-state index is 5.44. The van der Waals surface area contributed by atoms with Crippen LogP contribution in [-0.4, -0.2) is 19.2 Å². The van der Waals surface area contributed by atoms with Crippen molar-refractivity contribution < 1.29 is 9.47 Å². The Kier molecular flexibility index (Phi) is 4.85. The van der Waals surface area contributed by atoms with Crippen molar-refractivity contribution in [1.29, 1.82) is 0 Å². The molecule has 0 saturated carbocycles. The Morgan fingerprint density at radius 1 is 0.920 bits per heavy atom. The van der Waals surface area contributed by atoms with Crippen molar-refractivity contribution in [1.82, 2.24) is 4.98 Å². The molecule has 0 aliphatic carbocycles. The van der Waals surface area contributed by atoms with Crippen molar-refractivity contribution in [2.45, 2.75) is 6.42 Å². The number of benzene rings is 2. The average Bonchev–Trinajstić information content (AvgIpc) is 2.66. The summed E-state index contributed by atoms with van der Waals surface area (Å²) in [4.78, 5) is 4.59. The highest BCUT2D eigenvalue weighted by atomic mass is 16.5. The molecule has 3 nitrogen and oxygen atoms in total. The third-order valence-corrected chi connectivity index (χ3v) is 4.31. The largest absolute Gasteiger partial charge is 0.493 e. The molecule has 0 amide bonds. The van der Waals surface area contributed by atoms with Crippen molar-refractivity contribution in [2.24, 2.45) is 0 Å². The van der Waals surface area contributed by atoms with Crippen LogP contribution >= 0.6 is 0 Å². The Hall–Kier alpha value is -3.07. The van der Waals surface area contributed by atoms with E-state index in [4.69, 9.17) is 9.47 Å². The number of rotatable bonds is 6. The van der Waals surface area contributed by atoms with Gasteiger partial charge < -0.3 is 9.47 Å². The van der Waals surface area contributed by atoms with Gasteiger partial charge in [-0.1, -0.05) is 43.5 Å². The lowest BCUT2D eigenvalue weighted by Gasteiger charge is -2.12. The van der Waals surface area contributed by atoms with Gasteiger partial charge in [-0.25, -0.2) is 0 Å². The number of nitrogens with zero attached hydrogens (tertiary/aromatic N) is 1. The topological polar surface area (TPSA) is 31.4 Å². The molecule has 0 radical (unpaired) electrons. The number of aromatic nitrogens is 1. The molecule has 0 aliphatic heterocycles. The highest BCUT2D eigenvalue weighted by Crippen LogP contribution is 2.33. The molecule has 0 N–H and O–H groups in total. The van der Waals surface area contributed by atoms with Gasteiger partial charge in [0.2, 0.25) is 0 Å². The molecule has 2 aromatic carbocycles. The van der Waals surface area contributed by atoms with Gasteiger partial charge in [-0.15, -0.1) is 0 Å². The molecule has 1 heterocycles. The summed E-state index contributed by atoms with van der Waals surface area (Å²) >= 11 is 0. The fraction of sp³-hybridized carbons (Fsp3) is 0.136. The zero-order valence-electron chi connectivity index (χ0n) is 14.6. The van der Waals surface area contributed by atoms with Crippen molar-refractivity contribution in [2.75, 3.05) is 14.2 Å². The van der Waals surface area contributed by atoms with E-state index in [1.165, 1.54) is 5.56 Å². The van der Waals surface area contributed by atoms with Gasteiger partial charge in [0.1, 0.15) is 0 Å². The van der Waals surface area contributed by atoms with Crippen LogP contribution in [0.25, 0.3) is 22.9 Å². The summed E-state index contributed by atoms with van der Waals surface area (Å²) in [7, 11) is 3.29. The molecule has 3 heteroatoms. The minimum atomic E-state index is 0.707. The van der Waals surface area contributed by atoms with E-state index in [9.17, 15) is 0 Å². The Morgan fingerprint density at radius 3 is 2.32 bits per heavy atom. The SMILES string of the molecule is C=Cc1ccc(Cc2nccc3cc(OC)c(OC)cc23)cc1C=C. The highest BCUT2D eigenvalue weighted by Gasteiger charge is 2.10. The average molecular weight is 331 g/mol. The molecular weight excluding hydrogens is 310 g/mol. The fourth-order valence-electron chi connectivity index (χ4n) is 2.99. The van der Waals surface area contributed by atoms with Crippen LogP contribution in [0.15, 0.2) is 55.8 Å². The predicted molar refractivity (Wildman–Crippen MR) is 104 cm³/mol. The molecule has 3 aromatic rings. The van der Waals surface area contributed by atoms with Crippen LogP contribution in [0.3, 0.4) is 0 Å². The van der Waals surface area contributed by atoms with E-state index in [2.05, 4.69) is 36.3 Å². The van der Waals surface area contributed by atoms with Gasteiger partial charge >= 0.3 is 0 Å². The third-order valence-electron chi connectivity index (χ3n) is 4.31. The first kappa shape index (κ1) is 16.8. The standard InChI is InChI=1S/C22H21NO2/c1-5-16-8-7-15(11-17(16)6-2)12-20-19-14-22(25-4)21(24-3)13-18(19)9-10-23-20/h5-11,13-14H,1-2,12H2,3-4H3. The molecule has 0 aliphatic rings. The summed E-state index contributed by atoms with van der Waals surface area (Å²) < 4.78 is 10.8. The smallest absolute Gasteiger partial charge is 0.161 e. The van der Waals surface area contributed by atoms with E-state index in [0.29, 0.717) is 5.75 Å². The van der Waals surface area contributed by atoms with Gasteiger partial charge in [0, 0.05) is 18.0 Å². The van der Waals surface area contributed by atoms with E-state index in [0.717, 1.165) is 39.8 Å². The number of hydrogen-bond donors (Lipinski definition) is 0. The van der Waals surface area contributed by atoms with E-state index >= 15 is 0 Å². The lowest BCUT2D eigenvalue weighted by Crippen LogP contribution is -1.97. The van der Waals surface area contributed by atoms with Crippen LogP contribution in [0.1, 0.15) is 22.4 Å². The quantitative estimate of drug-likeness (QED) is 0.627. The van der Waals surface area contributed by atoms with E-state index in [1.807, 2.05) is 36.5 Å². The van der Waals surface area contributed by atoms with Crippen LogP contribution in [0, 0.1) is 0 Å². The summed E-state index contributed by atoms with van der Waals surface area (Å²) in [6, 6.07) is 12.2. The van der Waals surface area contributed by atoms with Crippen molar-refractivity contribution in [3.8, 4) is 11.5 Å². The van der Waals surface area contributed by atoms with Crippen molar-refractivity contribution >= 4 is 22.9 Å². The Morgan fingerprint density at radius 2 is 1.64 bits per heavy atom. The molecule has 25 heavy (non-hydrogen) atoms. The lowest BCUT2D eigenvalue weighted by molar-refractivity contribution is 0.356. The van der Waals surface area contributed by atoms with Crippen LogP contribution in [0.5, 0.6) is 11.5 Å². The maximum absolute atomic E-state index is 5.44.